The molecule has 2 aromatic rings. The Hall–Kier alpha value is -3.40. The predicted molar refractivity (Wildman–Crippen MR) is 120 cm³/mol. The van der Waals surface area contributed by atoms with Crippen LogP contribution in [0.4, 0.5) is 4.79 Å². The van der Waals surface area contributed by atoms with Gasteiger partial charge in [-0.15, -0.1) is 0 Å². The Balaban J connectivity index is 1.60. The highest BCUT2D eigenvalue weighted by atomic mass is 16.6. The zero-order valence-electron chi connectivity index (χ0n) is 19.4. The van der Waals surface area contributed by atoms with Crippen molar-refractivity contribution in [1.82, 2.24) is 19.4 Å². The molecule has 178 valence electrons. The first-order valence-electron chi connectivity index (χ1n) is 10.7. The van der Waals surface area contributed by atoms with Gasteiger partial charge in [0.2, 0.25) is 5.75 Å². The molecule has 0 radical (unpaired) electrons. The second kappa shape index (κ2) is 10.0. The van der Waals surface area contributed by atoms with Crippen molar-refractivity contribution in [2.24, 2.45) is 0 Å². The van der Waals surface area contributed by atoms with Crippen molar-refractivity contribution >= 4 is 12.1 Å². The molecule has 1 aromatic heterocycles. The number of carbonyl (C=O) groups is 2. The van der Waals surface area contributed by atoms with Crippen LogP contribution in [0.15, 0.2) is 35.4 Å². The summed E-state index contributed by atoms with van der Waals surface area (Å²) in [5.41, 5.74) is 0.401. The van der Waals surface area contributed by atoms with Crippen LogP contribution in [0, 0.1) is 0 Å². The number of carbonyl (C=O) groups excluding carboxylic acids is 2. The summed E-state index contributed by atoms with van der Waals surface area (Å²) in [5, 5.41) is 10.4. The number of piperazine rings is 1. The average molecular weight is 459 g/mol. The summed E-state index contributed by atoms with van der Waals surface area (Å²) in [4.78, 5) is 44.3. The molecule has 3 rings (SSSR count). The standard InChI is InChI=1S/C23H30N4O6/c1-23(2,3)33-22(31)26-11-9-25(10-12-26)14-18-19(28)20(29)27(15-24-18)13-16-5-7-17(8-6-16)21(30)32-4/h5-8,15,28H,9-14H2,1-4H3. The van der Waals surface area contributed by atoms with Crippen LogP contribution in [0.2, 0.25) is 0 Å². The molecule has 10 nitrogen and oxygen atoms in total. The zero-order chi connectivity index (χ0) is 24.2. The van der Waals surface area contributed by atoms with Crippen molar-refractivity contribution in [2.45, 2.75) is 39.5 Å². The van der Waals surface area contributed by atoms with Crippen LogP contribution in [0.5, 0.6) is 5.75 Å². The van der Waals surface area contributed by atoms with Gasteiger partial charge in [-0.1, -0.05) is 12.1 Å². The van der Waals surface area contributed by atoms with Crippen LogP contribution < -0.4 is 5.56 Å². The number of amides is 1. The normalized spacial score (nSPS) is 14.7. The molecular formula is C23H30N4O6. The summed E-state index contributed by atoms with van der Waals surface area (Å²) >= 11 is 0. The van der Waals surface area contributed by atoms with Crippen molar-refractivity contribution in [1.29, 1.82) is 0 Å². The molecule has 1 aromatic carbocycles. The van der Waals surface area contributed by atoms with Crippen LogP contribution in [0.1, 0.15) is 42.4 Å². The molecule has 0 unspecified atom stereocenters. The largest absolute Gasteiger partial charge is 0.502 e. The van der Waals surface area contributed by atoms with Gasteiger partial charge in [-0.25, -0.2) is 14.6 Å². The van der Waals surface area contributed by atoms with Crippen LogP contribution >= 0.6 is 0 Å². The molecule has 1 amide bonds. The molecule has 1 saturated heterocycles. The van der Waals surface area contributed by atoms with Crippen LogP contribution in [0.3, 0.4) is 0 Å². The van der Waals surface area contributed by atoms with Crippen LogP contribution in [-0.4, -0.2) is 75.4 Å². The van der Waals surface area contributed by atoms with Crippen molar-refractivity contribution in [3.05, 3.63) is 57.8 Å². The number of hydrogen-bond acceptors (Lipinski definition) is 8. The van der Waals surface area contributed by atoms with E-state index < -0.39 is 22.9 Å². The first-order chi connectivity index (χ1) is 15.6. The monoisotopic (exact) mass is 458 g/mol. The molecule has 0 saturated carbocycles. The van der Waals surface area contributed by atoms with Gasteiger partial charge < -0.3 is 19.5 Å². The summed E-state index contributed by atoms with van der Waals surface area (Å²) in [5.74, 6) is -0.826. The van der Waals surface area contributed by atoms with Crippen molar-refractivity contribution in [3.63, 3.8) is 0 Å². The van der Waals surface area contributed by atoms with E-state index in [9.17, 15) is 19.5 Å². The topological polar surface area (TPSA) is 114 Å². The van der Waals surface area contributed by atoms with Crippen LogP contribution in [0.25, 0.3) is 0 Å². The van der Waals surface area contributed by atoms with Crippen LogP contribution in [-0.2, 0) is 22.6 Å². The third kappa shape index (κ3) is 6.32. The minimum absolute atomic E-state index is 0.204. The van der Waals surface area contributed by atoms with Gasteiger partial charge in [0, 0.05) is 32.7 Å². The lowest BCUT2D eigenvalue weighted by Crippen LogP contribution is -2.49. The summed E-state index contributed by atoms with van der Waals surface area (Å²) in [7, 11) is 1.31. The molecule has 0 atom stereocenters. The first kappa shape index (κ1) is 24.2. The molecule has 1 N–H and O–H groups in total. The number of rotatable bonds is 5. The summed E-state index contributed by atoms with van der Waals surface area (Å²) in [6, 6.07) is 6.66. The second-order valence-corrected chi connectivity index (χ2v) is 8.90. The van der Waals surface area contributed by atoms with Gasteiger partial charge in [0.25, 0.3) is 5.56 Å². The number of methoxy groups -OCH3 is 1. The van der Waals surface area contributed by atoms with Gasteiger partial charge in [-0.2, -0.15) is 0 Å². The van der Waals surface area contributed by atoms with Gasteiger partial charge in [0.15, 0.2) is 0 Å². The van der Waals surface area contributed by atoms with E-state index in [2.05, 4.69) is 9.72 Å². The highest BCUT2D eigenvalue weighted by Gasteiger charge is 2.26. The van der Waals surface area contributed by atoms with E-state index in [1.807, 2.05) is 25.7 Å². The SMILES string of the molecule is COC(=O)c1ccc(Cn2cnc(CN3CCN(C(=O)OC(C)(C)C)CC3)c(O)c2=O)cc1. The molecule has 0 spiro atoms. The number of hydrogen-bond donors (Lipinski definition) is 1. The van der Waals surface area contributed by atoms with E-state index in [4.69, 9.17) is 4.74 Å². The number of benzene rings is 1. The van der Waals surface area contributed by atoms with Crippen molar-refractivity contribution < 1.29 is 24.2 Å². The van der Waals surface area contributed by atoms with E-state index in [-0.39, 0.29) is 12.6 Å². The summed E-state index contributed by atoms with van der Waals surface area (Å²) in [6.07, 6.45) is 1.06. The second-order valence-electron chi connectivity index (χ2n) is 8.90. The minimum atomic E-state index is -0.544. The quantitative estimate of drug-likeness (QED) is 0.675. The average Bonchev–Trinajstić information content (AvgIpc) is 2.78. The molecule has 0 aliphatic carbocycles. The van der Waals surface area contributed by atoms with Crippen molar-refractivity contribution in [3.8, 4) is 5.75 Å². The lowest BCUT2D eigenvalue weighted by Gasteiger charge is -2.35. The van der Waals surface area contributed by atoms with E-state index in [1.54, 1.807) is 29.2 Å². The Morgan fingerprint density at radius 2 is 1.70 bits per heavy atom. The molecule has 0 bridgehead atoms. The summed E-state index contributed by atoms with van der Waals surface area (Å²) < 4.78 is 11.4. The number of aromatic hydroxyl groups is 1. The van der Waals surface area contributed by atoms with Gasteiger partial charge in [0.1, 0.15) is 11.3 Å². The molecule has 1 aliphatic rings. The fraction of sp³-hybridized carbons (Fsp3) is 0.478. The highest BCUT2D eigenvalue weighted by molar-refractivity contribution is 5.89. The molecule has 10 heteroatoms. The van der Waals surface area contributed by atoms with Gasteiger partial charge in [0.05, 0.1) is 25.5 Å². The smallest absolute Gasteiger partial charge is 0.410 e. The fourth-order valence-electron chi connectivity index (χ4n) is 3.43. The van der Waals surface area contributed by atoms with Gasteiger partial charge >= 0.3 is 12.1 Å². The zero-order valence-corrected chi connectivity index (χ0v) is 19.4. The number of ether oxygens (including phenoxy) is 2. The maximum Gasteiger partial charge on any atom is 0.410 e. The maximum absolute atomic E-state index is 12.6. The van der Waals surface area contributed by atoms with Gasteiger partial charge in [-0.05, 0) is 38.5 Å². The number of nitrogens with zero attached hydrogens (tertiary/aromatic N) is 4. The Kier molecular flexibility index (Phi) is 7.37. The third-order valence-electron chi connectivity index (χ3n) is 5.22. The molecular weight excluding hydrogens is 428 g/mol. The number of aromatic nitrogens is 2. The van der Waals surface area contributed by atoms with E-state index in [0.717, 1.165) is 5.56 Å². The lowest BCUT2D eigenvalue weighted by molar-refractivity contribution is 0.0137. The summed E-state index contributed by atoms with van der Waals surface area (Å²) in [6.45, 7) is 8.14. The maximum atomic E-state index is 12.6. The Morgan fingerprint density at radius 3 is 2.27 bits per heavy atom. The van der Waals surface area contributed by atoms with Gasteiger partial charge in [-0.3, -0.25) is 14.3 Å². The molecule has 2 heterocycles. The van der Waals surface area contributed by atoms with E-state index >= 15 is 0 Å². The molecule has 1 aliphatic heterocycles. The van der Waals surface area contributed by atoms with E-state index in [0.29, 0.717) is 44.0 Å². The lowest BCUT2D eigenvalue weighted by atomic mass is 10.1. The fourth-order valence-corrected chi connectivity index (χ4v) is 3.43. The Bertz CT molecular complexity index is 1050. The minimum Gasteiger partial charge on any atom is -0.502 e. The Morgan fingerprint density at radius 1 is 1.06 bits per heavy atom. The van der Waals surface area contributed by atoms with Crippen molar-refractivity contribution in [2.75, 3.05) is 33.3 Å². The molecule has 1 fully saturated rings. The highest BCUT2D eigenvalue weighted by Crippen LogP contribution is 2.16. The van der Waals surface area contributed by atoms with E-state index in [1.165, 1.54) is 18.0 Å². The number of esters is 1. The first-order valence-corrected chi connectivity index (χ1v) is 10.7. The third-order valence-corrected chi connectivity index (χ3v) is 5.22. The predicted octanol–water partition coefficient (Wildman–Crippen LogP) is 1.84. The molecule has 33 heavy (non-hydrogen) atoms. The Labute approximate surface area is 192 Å².